The minimum absolute atomic E-state index is 0.294. The highest BCUT2D eigenvalue weighted by Crippen LogP contribution is 2.25. The topological polar surface area (TPSA) is 103 Å². The molecular weight excluding hydrogens is 364 g/mol. The number of anilines is 1. The molecule has 1 aromatic heterocycles. The number of nitrogens with zero attached hydrogens (tertiary/aromatic N) is 3. The second-order valence-electron chi connectivity index (χ2n) is 5.65. The van der Waals surface area contributed by atoms with Crippen LogP contribution in [0.2, 0.25) is 0 Å². The maximum atomic E-state index is 12.7. The van der Waals surface area contributed by atoms with Crippen molar-refractivity contribution >= 4 is 32.4 Å². The third-order valence-electron chi connectivity index (χ3n) is 3.99. The summed E-state index contributed by atoms with van der Waals surface area (Å²) in [6.07, 6.45) is 1.39. The highest BCUT2D eigenvalue weighted by atomic mass is 32.2. The van der Waals surface area contributed by atoms with Crippen molar-refractivity contribution < 1.29 is 18.4 Å². The number of aromatic nitrogens is 1. The van der Waals surface area contributed by atoms with E-state index in [9.17, 15) is 13.2 Å². The predicted molar refractivity (Wildman–Crippen MR) is 93.5 cm³/mol. The van der Waals surface area contributed by atoms with E-state index >= 15 is 0 Å². The fourth-order valence-corrected chi connectivity index (χ4v) is 4.83. The lowest BCUT2D eigenvalue weighted by atomic mass is 10.2. The van der Waals surface area contributed by atoms with E-state index in [0.717, 1.165) is 16.9 Å². The van der Waals surface area contributed by atoms with Gasteiger partial charge in [0.25, 0.3) is 5.91 Å². The molecule has 1 fully saturated rings. The minimum atomic E-state index is -3.50. The number of sulfonamides is 1. The fraction of sp³-hybridized carbons (Fsp3) is 0.333. The number of benzene rings is 1. The molecule has 3 rings (SSSR count). The van der Waals surface area contributed by atoms with Gasteiger partial charge in [-0.25, -0.2) is 18.9 Å². The largest absolute Gasteiger partial charge is 0.345 e. The van der Waals surface area contributed by atoms with Crippen LogP contribution in [-0.2, 0) is 10.0 Å². The monoisotopic (exact) mass is 382 g/mol. The number of nitrogens with one attached hydrogen (secondary N) is 1. The summed E-state index contributed by atoms with van der Waals surface area (Å²) in [7, 11) is -3.50. The molecule has 0 radical (unpaired) electrons. The van der Waals surface area contributed by atoms with Crippen molar-refractivity contribution in [2.24, 2.45) is 0 Å². The number of carbonyl (C=O) groups is 1. The molecule has 2 heterocycles. The van der Waals surface area contributed by atoms with Gasteiger partial charge in [-0.05, 0) is 19.1 Å². The first-order valence-corrected chi connectivity index (χ1v) is 9.89. The molecule has 2 N–H and O–H groups in total. The lowest BCUT2D eigenvalue weighted by Gasteiger charge is -2.33. The molecule has 1 amide bonds. The third-order valence-corrected chi connectivity index (χ3v) is 6.96. The molecule has 0 aliphatic carbocycles. The number of amides is 1. The van der Waals surface area contributed by atoms with Crippen LogP contribution in [0.15, 0.2) is 35.4 Å². The lowest BCUT2D eigenvalue weighted by molar-refractivity contribution is 0.0710. The molecule has 1 aliphatic rings. The molecule has 0 unspecified atom stereocenters. The van der Waals surface area contributed by atoms with Gasteiger partial charge in [-0.2, -0.15) is 4.31 Å². The Bertz CT molecular complexity index is 856. The van der Waals surface area contributed by atoms with Crippen molar-refractivity contribution in [1.29, 1.82) is 0 Å². The summed E-state index contributed by atoms with van der Waals surface area (Å²) < 4.78 is 26.8. The maximum absolute atomic E-state index is 12.7. The molecule has 0 spiro atoms. The normalized spacial score (nSPS) is 16.0. The first kappa shape index (κ1) is 17.8. The molecule has 10 heteroatoms. The summed E-state index contributed by atoms with van der Waals surface area (Å²) in [4.78, 5) is 18.1. The van der Waals surface area contributed by atoms with E-state index in [1.165, 1.54) is 10.5 Å². The SMILES string of the molecule is Cc1ccc(S(=O)(=O)N2CCN(c3ncc(C(=O)NO)s3)CC2)cc1. The molecule has 1 aliphatic heterocycles. The van der Waals surface area contributed by atoms with Gasteiger partial charge in [-0.1, -0.05) is 29.0 Å². The van der Waals surface area contributed by atoms with Crippen molar-refractivity contribution in [3.05, 3.63) is 40.9 Å². The molecule has 8 nitrogen and oxygen atoms in total. The van der Waals surface area contributed by atoms with Crippen LogP contribution < -0.4 is 10.4 Å². The van der Waals surface area contributed by atoms with Gasteiger partial charge in [0.2, 0.25) is 10.0 Å². The Kier molecular flexibility index (Phi) is 5.04. The zero-order valence-electron chi connectivity index (χ0n) is 13.5. The highest BCUT2D eigenvalue weighted by Gasteiger charge is 2.29. The Balaban J connectivity index is 1.68. The van der Waals surface area contributed by atoms with Gasteiger partial charge in [0, 0.05) is 26.2 Å². The van der Waals surface area contributed by atoms with Crippen molar-refractivity contribution in [1.82, 2.24) is 14.8 Å². The first-order valence-electron chi connectivity index (χ1n) is 7.64. The number of carbonyl (C=O) groups excluding carboxylic acids is 1. The quantitative estimate of drug-likeness (QED) is 0.606. The number of hydrogen-bond donors (Lipinski definition) is 2. The third kappa shape index (κ3) is 3.66. The number of piperazine rings is 1. The Morgan fingerprint density at radius 3 is 2.44 bits per heavy atom. The summed E-state index contributed by atoms with van der Waals surface area (Å²) >= 11 is 1.15. The van der Waals surface area contributed by atoms with Crippen LogP contribution in [0.3, 0.4) is 0 Å². The van der Waals surface area contributed by atoms with Crippen molar-refractivity contribution in [2.75, 3.05) is 31.1 Å². The molecule has 0 atom stereocenters. The summed E-state index contributed by atoms with van der Waals surface area (Å²) in [6, 6.07) is 6.81. The van der Waals surface area contributed by atoms with Gasteiger partial charge in [-0.3, -0.25) is 10.0 Å². The van der Waals surface area contributed by atoms with E-state index in [2.05, 4.69) is 4.98 Å². The van der Waals surface area contributed by atoms with Crippen molar-refractivity contribution in [3.63, 3.8) is 0 Å². The Hall–Kier alpha value is -2.01. The van der Waals surface area contributed by atoms with Crippen LogP contribution in [0.4, 0.5) is 5.13 Å². The van der Waals surface area contributed by atoms with Gasteiger partial charge in [0.15, 0.2) is 5.13 Å². The second-order valence-corrected chi connectivity index (χ2v) is 8.60. The lowest BCUT2D eigenvalue weighted by Crippen LogP contribution is -2.48. The molecule has 2 aromatic rings. The summed E-state index contributed by atoms with van der Waals surface area (Å²) in [5.41, 5.74) is 2.58. The minimum Gasteiger partial charge on any atom is -0.345 e. The Morgan fingerprint density at radius 2 is 1.84 bits per heavy atom. The molecular formula is C15H18N4O4S2. The molecule has 1 aromatic carbocycles. The number of hydroxylamine groups is 1. The molecule has 1 saturated heterocycles. The van der Waals surface area contributed by atoms with Crippen LogP contribution in [0.1, 0.15) is 15.2 Å². The zero-order chi connectivity index (χ0) is 18.0. The molecule has 134 valence electrons. The maximum Gasteiger partial charge on any atom is 0.286 e. The average molecular weight is 382 g/mol. The molecule has 25 heavy (non-hydrogen) atoms. The predicted octanol–water partition coefficient (Wildman–Crippen LogP) is 1.08. The van der Waals surface area contributed by atoms with E-state index in [-0.39, 0.29) is 0 Å². The zero-order valence-corrected chi connectivity index (χ0v) is 15.2. The summed E-state index contributed by atoms with van der Waals surface area (Å²) in [5.74, 6) is -0.607. The van der Waals surface area contributed by atoms with Gasteiger partial charge < -0.3 is 4.90 Å². The summed E-state index contributed by atoms with van der Waals surface area (Å²) in [6.45, 7) is 3.57. The average Bonchev–Trinajstić information content (AvgIpc) is 3.11. The van der Waals surface area contributed by atoms with Crippen LogP contribution >= 0.6 is 11.3 Å². The van der Waals surface area contributed by atoms with Crippen LogP contribution in [0.25, 0.3) is 0 Å². The van der Waals surface area contributed by atoms with Crippen molar-refractivity contribution in [2.45, 2.75) is 11.8 Å². The van der Waals surface area contributed by atoms with E-state index in [1.54, 1.807) is 29.7 Å². The standard InChI is InChI=1S/C15H18N4O4S2/c1-11-2-4-12(5-3-11)25(22,23)19-8-6-18(7-9-19)15-16-10-13(24-15)14(20)17-21/h2-5,10,21H,6-9H2,1H3,(H,17,20). The van der Waals surface area contributed by atoms with E-state index in [1.807, 2.05) is 11.8 Å². The fourth-order valence-electron chi connectivity index (χ4n) is 2.55. The Labute approximate surface area is 149 Å². The smallest absolute Gasteiger partial charge is 0.286 e. The van der Waals surface area contributed by atoms with E-state index < -0.39 is 15.9 Å². The first-order chi connectivity index (χ1) is 11.9. The van der Waals surface area contributed by atoms with Gasteiger partial charge in [-0.15, -0.1) is 0 Å². The number of hydrogen-bond acceptors (Lipinski definition) is 7. The van der Waals surface area contributed by atoms with Crippen LogP contribution in [0.5, 0.6) is 0 Å². The molecule has 0 bridgehead atoms. The molecule has 0 saturated carbocycles. The number of aryl methyl sites for hydroxylation is 1. The van der Waals surface area contributed by atoms with Crippen molar-refractivity contribution in [3.8, 4) is 0 Å². The highest BCUT2D eigenvalue weighted by molar-refractivity contribution is 7.89. The van der Waals surface area contributed by atoms with Crippen LogP contribution in [0, 0.1) is 6.92 Å². The van der Waals surface area contributed by atoms with E-state index in [0.29, 0.717) is 41.1 Å². The second kappa shape index (κ2) is 7.08. The number of thiazole rings is 1. The van der Waals surface area contributed by atoms with Gasteiger partial charge in [0.05, 0.1) is 11.1 Å². The Morgan fingerprint density at radius 1 is 1.20 bits per heavy atom. The van der Waals surface area contributed by atoms with Gasteiger partial charge >= 0.3 is 0 Å². The van der Waals surface area contributed by atoms with E-state index in [4.69, 9.17) is 5.21 Å². The number of rotatable bonds is 4. The van der Waals surface area contributed by atoms with Gasteiger partial charge in [0.1, 0.15) is 4.88 Å². The summed E-state index contributed by atoms with van der Waals surface area (Å²) in [5, 5.41) is 9.28. The van der Waals surface area contributed by atoms with Crippen LogP contribution in [-0.4, -0.2) is 55.0 Å².